The molecule has 0 aliphatic rings. The molecule has 110 valence electrons. The zero-order valence-electron chi connectivity index (χ0n) is 11.5. The van der Waals surface area contributed by atoms with E-state index in [0.29, 0.717) is 12.5 Å². The van der Waals surface area contributed by atoms with Crippen molar-refractivity contribution < 1.29 is 0 Å². The summed E-state index contributed by atoms with van der Waals surface area (Å²) in [5.74, 6) is 0.502. The highest BCUT2D eigenvalue weighted by Crippen LogP contribution is 2.17. The van der Waals surface area contributed by atoms with Crippen LogP contribution in [0.4, 0.5) is 0 Å². The third kappa shape index (κ3) is 5.37. The normalized spacial score (nSPS) is 11.2. The van der Waals surface area contributed by atoms with E-state index in [4.69, 9.17) is 5.73 Å². The minimum absolute atomic E-state index is 0. The van der Waals surface area contributed by atoms with Crippen LogP contribution in [0.25, 0.3) is 0 Å². The van der Waals surface area contributed by atoms with Crippen LogP contribution in [-0.4, -0.2) is 17.5 Å². The zero-order chi connectivity index (χ0) is 13.7. The quantitative estimate of drug-likeness (QED) is 0.442. The third-order valence-corrected chi connectivity index (χ3v) is 4.64. The van der Waals surface area contributed by atoms with Crippen molar-refractivity contribution in [3.63, 3.8) is 0 Å². The van der Waals surface area contributed by atoms with Crippen molar-refractivity contribution in [2.75, 3.05) is 6.54 Å². The highest BCUT2D eigenvalue weighted by molar-refractivity contribution is 14.0. The van der Waals surface area contributed by atoms with Gasteiger partial charge in [0.1, 0.15) is 0 Å². The average molecular weight is 422 g/mol. The first kappa shape index (κ1) is 17.4. The first-order chi connectivity index (χ1) is 9.15. The van der Waals surface area contributed by atoms with E-state index in [0.717, 1.165) is 23.7 Å². The second kappa shape index (κ2) is 8.58. The van der Waals surface area contributed by atoms with Crippen LogP contribution in [0.15, 0.2) is 22.5 Å². The molecule has 0 spiro atoms. The maximum Gasteiger partial charge on any atom is 0.188 e. The molecule has 0 amide bonds. The number of hydrogen-bond acceptors (Lipinski definition) is 4. The Kier molecular flexibility index (Phi) is 7.46. The Morgan fingerprint density at radius 2 is 2.25 bits per heavy atom. The number of hydrogen-bond donors (Lipinski definition) is 2. The molecule has 0 atom stereocenters. The van der Waals surface area contributed by atoms with Crippen LogP contribution >= 0.6 is 46.7 Å². The van der Waals surface area contributed by atoms with Gasteiger partial charge in [0.15, 0.2) is 5.96 Å². The Morgan fingerprint density at radius 3 is 2.85 bits per heavy atom. The second-order valence-corrected chi connectivity index (χ2v) is 6.52. The molecule has 3 N–H and O–H groups in total. The predicted octanol–water partition coefficient (Wildman–Crippen LogP) is 3.09. The van der Waals surface area contributed by atoms with E-state index in [1.807, 2.05) is 13.8 Å². The molecular formula is C13H19IN4S2. The summed E-state index contributed by atoms with van der Waals surface area (Å²) in [6, 6.07) is 4.19. The number of aliphatic imine (C=N–C) groups is 1. The van der Waals surface area contributed by atoms with E-state index >= 15 is 0 Å². The molecule has 0 aliphatic heterocycles. The van der Waals surface area contributed by atoms with Crippen LogP contribution < -0.4 is 11.1 Å². The summed E-state index contributed by atoms with van der Waals surface area (Å²) in [4.78, 5) is 11.3. The number of nitrogens with zero attached hydrogens (tertiary/aromatic N) is 2. The summed E-state index contributed by atoms with van der Waals surface area (Å²) in [6.45, 7) is 5.44. The molecule has 0 fully saturated rings. The van der Waals surface area contributed by atoms with Gasteiger partial charge in [-0.25, -0.2) is 9.98 Å². The lowest BCUT2D eigenvalue weighted by Crippen LogP contribution is -2.33. The largest absolute Gasteiger partial charge is 0.370 e. The Morgan fingerprint density at radius 1 is 1.45 bits per heavy atom. The van der Waals surface area contributed by atoms with Crippen molar-refractivity contribution in [3.8, 4) is 0 Å². The van der Waals surface area contributed by atoms with Gasteiger partial charge in [-0.2, -0.15) is 0 Å². The first-order valence-electron chi connectivity index (χ1n) is 6.14. The molecule has 2 aromatic heterocycles. The number of rotatable bonds is 5. The van der Waals surface area contributed by atoms with Crippen LogP contribution in [0, 0.1) is 13.8 Å². The Balaban J connectivity index is 0.00000200. The van der Waals surface area contributed by atoms with Crippen molar-refractivity contribution in [1.29, 1.82) is 0 Å². The van der Waals surface area contributed by atoms with Gasteiger partial charge in [-0.15, -0.1) is 46.7 Å². The summed E-state index contributed by atoms with van der Waals surface area (Å²) in [5.41, 5.74) is 6.90. The highest BCUT2D eigenvalue weighted by atomic mass is 127. The van der Waals surface area contributed by atoms with E-state index < -0.39 is 0 Å². The van der Waals surface area contributed by atoms with Crippen LogP contribution in [0.3, 0.4) is 0 Å². The van der Waals surface area contributed by atoms with E-state index in [1.54, 1.807) is 22.7 Å². The average Bonchev–Trinajstić information content (AvgIpc) is 2.97. The van der Waals surface area contributed by atoms with Gasteiger partial charge in [-0.3, -0.25) is 0 Å². The fraction of sp³-hybridized carbons (Fsp3) is 0.385. The summed E-state index contributed by atoms with van der Waals surface area (Å²) >= 11 is 3.44. The fourth-order valence-corrected chi connectivity index (χ4v) is 3.27. The Bertz CT molecular complexity index is 549. The molecule has 0 aromatic carbocycles. The minimum atomic E-state index is 0. The van der Waals surface area contributed by atoms with Gasteiger partial charge < -0.3 is 11.1 Å². The Labute approximate surface area is 144 Å². The van der Waals surface area contributed by atoms with Gasteiger partial charge in [-0.05, 0) is 31.7 Å². The van der Waals surface area contributed by atoms with Gasteiger partial charge in [0, 0.05) is 16.3 Å². The summed E-state index contributed by atoms with van der Waals surface area (Å²) in [6.07, 6.45) is 0.979. The third-order valence-electron chi connectivity index (χ3n) is 2.65. The van der Waals surface area contributed by atoms with Gasteiger partial charge in [-0.1, -0.05) is 6.07 Å². The molecular weight excluding hydrogens is 403 g/mol. The number of halogens is 1. The molecule has 2 rings (SSSR count). The Hall–Kier alpha value is -0.670. The second-order valence-electron chi connectivity index (χ2n) is 4.20. The summed E-state index contributed by atoms with van der Waals surface area (Å²) < 4.78 is 0. The van der Waals surface area contributed by atoms with E-state index in [1.165, 1.54) is 9.75 Å². The van der Waals surface area contributed by atoms with Crippen molar-refractivity contribution in [2.45, 2.75) is 26.8 Å². The lowest BCUT2D eigenvalue weighted by molar-refractivity contribution is 0.857. The van der Waals surface area contributed by atoms with Gasteiger partial charge in [0.25, 0.3) is 0 Å². The number of nitrogens with two attached hydrogens (primary N) is 1. The number of aryl methyl sites for hydroxylation is 2. The first-order valence-corrected chi connectivity index (χ1v) is 7.84. The number of nitrogens with one attached hydrogen (secondary N) is 1. The number of thiazole rings is 1. The monoisotopic (exact) mass is 422 g/mol. The molecule has 2 heterocycles. The van der Waals surface area contributed by atoms with Crippen molar-refractivity contribution in [1.82, 2.24) is 10.3 Å². The van der Waals surface area contributed by atoms with Crippen molar-refractivity contribution in [2.24, 2.45) is 10.7 Å². The van der Waals surface area contributed by atoms with Gasteiger partial charge in [0.2, 0.25) is 0 Å². The molecule has 7 heteroatoms. The van der Waals surface area contributed by atoms with E-state index in [9.17, 15) is 0 Å². The lowest BCUT2D eigenvalue weighted by Gasteiger charge is -2.04. The van der Waals surface area contributed by atoms with Crippen LogP contribution in [0.2, 0.25) is 0 Å². The van der Waals surface area contributed by atoms with Crippen molar-refractivity contribution in [3.05, 3.63) is 38.0 Å². The maximum absolute atomic E-state index is 5.84. The SMILES string of the molecule is Cc1nc(C)c(CN=C(N)NCCc2cccs2)s1.I. The molecule has 0 aliphatic carbocycles. The lowest BCUT2D eigenvalue weighted by atomic mass is 10.3. The predicted molar refractivity (Wildman–Crippen MR) is 98.4 cm³/mol. The van der Waals surface area contributed by atoms with Crippen molar-refractivity contribution >= 4 is 52.6 Å². The number of thiophene rings is 1. The van der Waals surface area contributed by atoms with Crippen LogP contribution in [0.5, 0.6) is 0 Å². The topological polar surface area (TPSA) is 63.3 Å². The highest BCUT2D eigenvalue weighted by Gasteiger charge is 2.03. The van der Waals surface area contributed by atoms with E-state index in [-0.39, 0.29) is 24.0 Å². The molecule has 4 nitrogen and oxygen atoms in total. The molecule has 2 aromatic rings. The number of aromatic nitrogens is 1. The van der Waals surface area contributed by atoms with E-state index in [2.05, 4.69) is 32.8 Å². The maximum atomic E-state index is 5.84. The molecule has 0 unspecified atom stereocenters. The van der Waals surface area contributed by atoms with Gasteiger partial charge in [0.05, 0.1) is 17.2 Å². The van der Waals surface area contributed by atoms with Gasteiger partial charge >= 0.3 is 0 Å². The standard InChI is InChI=1S/C13H18N4S2.HI/c1-9-12(19-10(2)17-9)8-16-13(14)15-6-5-11-4-3-7-18-11;/h3-4,7H,5-6,8H2,1-2H3,(H3,14,15,16);1H. The molecule has 0 bridgehead atoms. The number of guanidine groups is 1. The minimum Gasteiger partial charge on any atom is -0.370 e. The molecule has 0 saturated heterocycles. The van der Waals surface area contributed by atoms with Crippen LogP contribution in [-0.2, 0) is 13.0 Å². The molecule has 20 heavy (non-hydrogen) atoms. The smallest absolute Gasteiger partial charge is 0.188 e. The zero-order valence-corrected chi connectivity index (χ0v) is 15.5. The summed E-state index contributed by atoms with van der Waals surface area (Å²) in [5, 5.41) is 6.30. The molecule has 0 radical (unpaired) electrons. The molecule has 0 saturated carbocycles. The summed E-state index contributed by atoms with van der Waals surface area (Å²) in [7, 11) is 0. The van der Waals surface area contributed by atoms with Crippen LogP contribution in [0.1, 0.15) is 20.5 Å². The fourth-order valence-electron chi connectivity index (χ4n) is 1.70.